The first-order valence-corrected chi connectivity index (χ1v) is 3.59. The minimum absolute atomic E-state index is 0.155. The average molecular weight is 212 g/mol. The molecular weight excluding hydrogens is 207 g/mol. The Bertz CT molecular complexity index is 313. The van der Waals surface area contributed by atoms with E-state index in [1.165, 1.54) is 0 Å². The van der Waals surface area contributed by atoms with Crippen molar-refractivity contribution in [1.29, 1.82) is 0 Å². The van der Waals surface area contributed by atoms with Crippen molar-refractivity contribution in [2.45, 2.75) is 6.18 Å². The van der Waals surface area contributed by atoms with E-state index in [-0.39, 0.29) is 5.02 Å². The topological polar surface area (TPSA) is 22.1 Å². The quantitative estimate of drug-likeness (QED) is 0.713. The van der Waals surface area contributed by atoms with Crippen molar-refractivity contribution in [3.05, 3.63) is 23.0 Å². The lowest BCUT2D eigenvalue weighted by atomic mass is 10.2. The molecule has 0 aliphatic carbocycles. The second-order valence-electron chi connectivity index (χ2n) is 2.20. The molecule has 0 radical (unpaired) electrons. The van der Waals surface area contributed by atoms with Gasteiger partial charge >= 0.3 is 6.18 Å². The standard InChI is InChI=1S/C7H5ClF3NO/c1-13-6-4(7(9,10)11)2-12-3-5(6)8/h2-3H,1H3. The van der Waals surface area contributed by atoms with Crippen LogP contribution in [0.4, 0.5) is 13.2 Å². The number of ether oxygens (including phenoxy) is 1. The van der Waals surface area contributed by atoms with Gasteiger partial charge in [0, 0.05) is 12.4 Å². The van der Waals surface area contributed by atoms with Gasteiger partial charge in [0.15, 0.2) is 5.75 Å². The molecule has 0 aromatic carbocycles. The van der Waals surface area contributed by atoms with Crippen LogP contribution in [0.25, 0.3) is 0 Å². The Hall–Kier alpha value is -0.970. The van der Waals surface area contributed by atoms with Crippen LogP contribution in [-0.4, -0.2) is 12.1 Å². The first-order chi connectivity index (χ1) is 5.96. The van der Waals surface area contributed by atoms with Crippen LogP contribution >= 0.6 is 11.6 Å². The Morgan fingerprint density at radius 2 is 2.00 bits per heavy atom. The fraction of sp³-hybridized carbons (Fsp3) is 0.286. The van der Waals surface area contributed by atoms with Crippen LogP contribution < -0.4 is 4.74 Å². The molecule has 0 N–H and O–H groups in total. The number of hydrogen-bond donors (Lipinski definition) is 0. The lowest BCUT2D eigenvalue weighted by Crippen LogP contribution is -2.08. The second-order valence-corrected chi connectivity index (χ2v) is 2.61. The number of alkyl halides is 3. The summed E-state index contributed by atoms with van der Waals surface area (Å²) in [6.07, 6.45) is -2.73. The molecule has 0 bridgehead atoms. The number of methoxy groups -OCH3 is 1. The van der Waals surface area contributed by atoms with Crippen LogP contribution in [0.15, 0.2) is 12.4 Å². The van der Waals surface area contributed by atoms with Crippen molar-refractivity contribution >= 4 is 11.6 Å². The third-order valence-corrected chi connectivity index (χ3v) is 1.63. The van der Waals surface area contributed by atoms with E-state index in [9.17, 15) is 13.2 Å². The molecule has 0 atom stereocenters. The van der Waals surface area contributed by atoms with Crippen LogP contribution in [0.2, 0.25) is 5.02 Å². The van der Waals surface area contributed by atoms with E-state index in [0.29, 0.717) is 6.20 Å². The maximum absolute atomic E-state index is 12.2. The minimum atomic E-state index is -4.50. The molecule has 1 aromatic heterocycles. The number of hydrogen-bond acceptors (Lipinski definition) is 2. The predicted octanol–water partition coefficient (Wildman–Crippen LogP) is 2.76. The van der Waals surface area contributed by atoms with E-state index in [1.54, 1.807) is 0 Å². The molecule has 1 rings (SSSR count). The Kier molecular flexibility index (Phi) is 2.66. The van der Waals surface area contributed by atoms with Crippen molar-refractivity contribution in [3.8, 4) is 5.75 Å². The van der Waals surface area contributed by atoms with Gasteiger partial charge in [-0.3, -0.25) is 4.98 Å². The SMILES string of the molecule is COc1c(Cl)cncc1C(F)(F)F. The molecule has 0 saturated carbocycles. The monoisotopic (exact) mass is 211 g/mol. The van der Waals surface area contributed by atoms with Crippen molar-refractivity contribution in [1.82, 2.24) is 4.98 Å². The van der Waals surface area contributed by atoms with E-state index < -0.39 is 17.5 Å². The van der Waals surface area contributed by atoms with Gasteiger partial charge in [-0.15, -0.1) is 0 Å². The summed E-state index contributed by atoms with van der Waals surface area (Å²) in [5.41, 5.74) is -0.970. The lowest BCUT2D eigenvalue weighted by Gasteiger charge is -2.11. The van der Waals surface area contributed by atoms with Crippen molar-refractivity contribution < 1.29 is 17.9 Å². The Morgan fingerprint density at radius 3 is 2.38 bits per heavy atom. The zero-order chi connectivity index (χ0) is 10.1. The van der Waals surface area contributed by atoms with Gasteiger partial charge in [-0.05, 0) is 0 Å². The minimum Gasteiger partial charge on any atom is -0.494 e. The van der Waals surface area contributed by atoms with Crippen molar-refractivity contribution in [3.63, 3.8) is 0 Å². The fourth-order valence-corrected chi connectivity index (χ4v) is 1.07. The first kappa shape index (κ1) is 10.1. The molecule has 6 heteroatoms. The zero-order valence-corrected chi connectivity index (χ0v) is 7.28. The molecule has 0 spiro atoms. The highest BCUT2D eigenvalue weighted by molar-refractivity contribution is 6.32. The maximum Gasteiger partial charge on any atom is 0.421 e. The molecule has 1 aromatic rings. The molecule has 0 aliphatic rings. The third-order valence-electron chi connectivity index (χ3n) is 1.36. The summed E-state index contributed by atoms with van der Waals surface area (Å²) in [5.74, 6) is -0.399. The Labute approximate surface area is 77.3 Å². The first-order valence-electron chi connectivity index (χ1n) is 3.21. The van der Waals surface area contributed by atoms with Gasteiger partial charge in [-0.2, -0.15) is 13.2 Å². The van der Waals surface area contributed by atoms with Gasteiger partial charge in [-0.1, -0.05) is 11.6 Å². The van der Waals surface area contributed by atoms with E-state index in [1.807, 2.05) is 0 Å². The summed E-state index contributed by atoms with van der Waals surface area (Å²) in [7, 11) is 1.12. The second kappa shape index (κ2) is 3.41. The van der Waals surface area contributed by atoms with Crippen LogP contribution in [0.1, 0.15) is 5.56 Å². The summed E-state index contributed by atoms with van der Waals surface area (Å²) in [6.45, 7) is 0. The molecule has 0 aliphatic heterocycles. The third kappa shape index (κ3) is 2.03. The largest absolute Gasteiger partial charge is 0.494 e. The number of pyridine rings is 1. The Balaban J connectivity index is 3.29. The molecule has 72 valence electrons. The van der Waals surface area contributed by atoms with Gasteiger partial charge in [0.25, 0.3) is 0 Å². The normalized spacial score (nSPS) is 11.5. The van der Waals surface area contributed by atoms with Crippen LogP contribution in [-0.2, 0) is 6.18 Å². The molecule has 0 fully saturated rings. The molecule has 0 saturated heterocycles. The number of halogens is 4. The van der Waals surface area contributed by atoms with E-state index in [0.717, 1.165) is 13.3 Å². The van der Waals surface area contributed by atoms with Gasteiger partial charge in [0.2, 0.25) is 0 Å². The molecular formula is C7H5ClF3NO. The summed E-state index contributed by atoms with van der Waals surface area (Å²) >= 11 is 5.45. The summed E-state index contributed by atoms with van der Waals surface area (Å²) in [4.78, 5) is 3.33. The highest BCUT2D eigenvalue weighted by Crippen LogP contribution is 2.38. The van der Waals surface area contributed by atoms with Crippen molar-refractivity contribution in [2.75, 3.05) is 7.11 Å². The molecule has 13 heavy (non-hydrogen) atoms. The average Bonchev–Trinajstić information content (AvgIpc) is 2.02. The maximum atomic E-state index is 12.2. The van der Waals surface area contributed by atoms with Gasteiger partial charge in [0.1, 0.15) is 10.6 Å². The van der Waals surface area contributed by atoms with E-state index >= 15 is 0 Å². The van der Waals surface area contributed by atoms with Crippen molar-refractivity contribution in [2.24, 2.45) is 0 Å². The van der Waals surface area contributed by atoms with Crippen LogP contribution in [0.5, 0.6) is 5.75 Å². The van der Waals surface area contributed by atoms with Gasteiger partial charge < -0.3 is 4.74 Å². The highest BCUT2D eigenvalue weighted by Gasteiger charge is 2.35. The van der Waals surface area contributed by atoms with Gasteiger partial charge in [0.05, 0.1) is 7.11 Å². The number of rotatable bonds is 1. The highest BCUT2D eigenvalue weighted by atomic mass is 35.5. The smallest absolute Gasteiger partial charge is 0.421 e. The fourth-order valence-electron chi connectivity index (χ4n) is 0.833. The number of nitrogens with zero attached hydrogens (tertiary/aromatic N) is 1. The zero-order valence-electron chi connectivity index (χ0n) is 6.52. The van der Waals surface area contributed by atoms with E-state index in [2.05, 4.69) is 9.72 Å². The lowest BCUT2D eigenvalue weighted by molar-refractivity contribution is -0.139. The predicted molar refractivity (Wildman–Crippen MR) is 40.8 cm³/mol. The summed E-state index contributed by atoms with van der Waals surface area (Å²) < 4.78 is 41.2. The number of aromatic nitrogens is 1. The van der Waals surface area contributed by atoms with Gasteiger partial charge in [-0.25, -0.2) is 0 Å². The molecule has 2 nitrogen and oxygen atoms in total. The summed E-state index contributed by atoms with van der Waals surface area (Å²) in [5, 5.41) is -0.155. The van der Waals surface area contributed by atoms with Crippen LogP contribution in [0, 0.1) is 0 Å². The Morgan fingerprint density at radius 1 is 1.38 bits per heavy atom. The molecule has 0 unspecified atom stereocenters. The van der Waals surface area contributed by atoms with Crippen LogP contribution in [0.3, 0.4) is 0 Å². The molecule has 1 heterocycles. The summed E-state index contributed by atoms with van der Waals surface area (Å²) in [6, 6.07) is 0. The molecule has 0 amide bonds. The van der Waals surface area contributed by atoms with E-state index in [4.69, 9.17) is 11.6 Å².